The van der Waals surface area contributed by atoms with E-state index < -0.39 is 0 Å². The van der Waals surface area contributed by atoms with Crippen molar-refractivity contribution in [2.75, 3.05) is 39.8 Å². The normalized spacial score (nSPS) is 22.9. The molecule has 0 aromatic rings. The fourth-order valence-corrected chi connectivity index (χ4v) is 1.81. The van der Waals surface area contributed by atoms with Gasteiger partial charge in [-0.25, -0.2) is 0 Å². The van der Waals surface area contributed by atoms with Crippen LogP contribution in [-0.4, -0.2) is 50.8 Å². The molecule has 0 aromatic carbocycles. The highest BCUT2D eigenvalue weighted by Crippen LogP contribution is 2.12. The highest BCUT2D eigenvalue weighted by molar-refractivity contribution is 5.00. The quantitative estimate of drug-likeness (QED) is 0.641. The van der Waals surface area contributed by atoms with Gasteiger partial charge in [-0.05, 0) is 18.5 Å². The standard InChI is InChI=1S/C11H22N2O/c1-4-12-7-10(2)8-13-6-5-11(9-13)14-3/h11-12H,2,4-9H2,1,3H3. The maximum atomic E-state index is 5.32. The molecule has 1 atom stereocenters. The van der Waals surface area contributed by atoms with Gasteiger partial charge in [0.25, 0.3) is 0 Å². The van der Waals surface area contributed by atoms with Gasteiger partial charge in [-0.1, -0.05) is 13.5 Å². The predicted molar refractivity (Wildman–Crippen MR) is 59.5 cm³/mol. The van der Waals surface area contributed by atoms with Crippen molar-refractivity contribution in [2.24, 2.45) is 0 Å². The number of ether oxygens (including phenoxy) is 1. The molecule has 14 heavy (non-hydrogen) atoms. The maximum Gasteiger partial charge on any atom is 0.0710 e. The molecule has 1 saturated heterocycles. The summed E-state index contributed by atoms with van der Waals surface area (Å²) in [4.78, 5) is 2.41. The van der Waals surface area contributed by atoms with Crippen molar-refractivity contribution in [2.45, 2.75) is 19.4 Å². The molecule has 3 heteroatoms. The van der Waals surface area contributed by atoms with Crippen LogP contribution in [0.2, 0.25) is 0 Å². The second kappa shape index (κ2) is 6.17. The lowest BCUT2D eigenvalue weighted by Gasteiger charge is -2.17. The van der Waals surface area contributed by atoms with Crippen LogP contribution in [0.5, 0.6) is 0 Å². The SMILES string of the molecule is C=C(CNCC)CN1CCC(OC)C1. The average Bonchev–Trinajstić information content (AvgIpc) is 2.62. The molecule has 0 bridgehead atoms. The van der Waals surface area contributed by atoms with Crippen LogP contribution in [0.1, 0.15) is 13.3 Å². The third-order valence-corrected chi connectivity index (χ3v) is 2.63. The summed E-state index contributed by atoms with van der Waals surface area (Å²) >= 11 is 0. The fraction of sp³-hybridized carbons (Fsp3) is 0.818. The molecule has 3 nitrogen and oxygen atoms in total. The van der Waals surface area contributed by atoms with Gasteiger partial charge in [-0.2, -0.15) is 0 Å². The van der Waals surface area contributed by atoms with Crippen LogP contribution in [0.25, 0.3) is 0 Å². The van der Waals surface area contributed by atoms with Crippen LogP contribution in [0.15, 0.2) is 12.2 Å². The van der Waals surface area contributed by atoms with E-state index >= 15 is 0 Å². The Kier molecular flexibility index (Phi) is 5.15. The summed E-state index contributed by atoms with van der Waals surface area (Å²) in [5.41, 5.74) is 1.27. The van der Waals surface area contributed by atoms with E-state index in [1.54, 1.807) is 7.11 Å². The topological polar surface area (TPSA) is 24.5 Å². The van der Waals surface area contributed by atoms with Crippen molar-refractivity contribution in [3.05, 3.63) is 12.2 Å². The number of likely N-dealkylation sites (tertiary alicyclic amines) is 1. The molecule has 1 N–H and O–H groups in total. The first-order valence-electron chi connectivity index (χ1n) is 5.38. The molecule has 1 fully saturated rings. The Bertz CT molecular complexity index is 182. The van der Waals surface area contributed by atoms with E-state index in [1.807, 2.05) is 0 Å². The van der Waals surface area contributed by atoms with E-state index in [1.165, 1.54) is 5.57 Å². The lowest BCUT2D eigenvalue weighted by Crippen LogP contribution is -2.28. The monoisotopic (exact) mass is 198 g/mol. The molecule has 0 saturated carbocycles. The van der Waals surface area contributed by atoms with Crippen LogP contribution in [-0.2, 0) is 4.74 Å². The minimum absolute atomic E-state index is 0.432. The third-order valence-electron chi connectivity index (χ3n) is 2.63. The molecule has 1 unspecified atom stereocenters. The Hall–Kier alpha value is -0.380. The Labute approximate surface area is 87.1 Å². The average molecular weight is 198 g/mol. The van der Waals surface area contributed by atoms with E-state index in [-0.39, 0.29) is 0 Å². The van der Waals surface area contributed by atoms with Gasteiger partial charge < -0.3 is 10.1 Å². The van der Waals surface area contributed by atoms with Crippen LogP contribution >= 0.6 is 0 Å². The van der Waals surface area contributed by atoms with Crippen molar-refractivity contribution in [1.29, 1.82) is 0 Å². The first-order chi connectivity index (χ1) is 6.76. The van der Waals surface area contributed by atoms with E-state index in [0.717, 1.165) is 39.1 Å². The van der Waals surface area contributed by atoms with Crippen LogP contribution in [0.3, 0.4) is 0 Å². The molecule has 1 heterocycles. The van der Waals surface area contributed by atoms with Crippen LogP contribution < -0.4 is 5.32 Å². The van der Waals surface area contributed by atoms with Crippen LogP contribution in [0.4, 0.5) is 0 Å². The molecule has 0 radical (unpaired) electrons. The van der Waals surface area contributed by atoms with Gasteiger partial charge in [0.2, 0.25) is 0 Å². The molecular weight excluding hydrogens is 176 g/mol. The lowest BCUT2D eigenvalue weighted by atomic mass is 10.3. The molecular formula is C11H22N2O. The Morgan fingerprint density at radius 1 is 1.64 bits per heavy atom. The highest BCUT2D eigenvalue weighted by atomic mass is 16.5. The Balaban J connectivity index is 2.15. The second-order valence-electron chi connectivity index (χ2n) is 3.91. The summed E-state index contributed by atoms with van der Waals surface area (Å²) in [7, 11) is 1.79. The highest BCUT2D eigenvalue weighted by Gasteiger charge is 2.21. The zero-order valence-electron chi connectivity index (χ0n) is 9.38. The minimum atomic E-state index is 0.432. The largest absolute Gasteiger partial charge is 0.380 e. The Morgan fingerprint density at radius 3 is 3.00 bits per heavy atom. The number of nitrogens with one attached hydrogen (secondary N) is 1. The van der Waals surface area contributed by atoms with E-state index in [0.29, 0.717) is 6.10 Å². The number of methoxy groups -OCH3 is 1. The van der Waals surface area contributed by atoms with Gasteiger partial charge in [-0.3, -0.25) is 4.90 Å². The van der Waals surface area contributed by atoms with Crippen LogP contribution in [0, 0.1) is 0 Å². The third kappa shape index (κ3) is 3.78. The predicted octanol–water partition coefficient (Wildman–Crippen LogP) is 0.873. The zero-order valence-corrected chi connectivity index (χ0v) is 9.38. The Morgan fingerprint density at radius 2 is 2.43 bits per heavy atom. The number of hydrogen-bond donors (Lipinski definition) is 1. The van der Waals surface area contributed by atoms with Crippen molar-refractivity contribution in [3.8, 4) is 0 Å². The fourth-order valence-electron chi connectivity index (χ4n) is 1.81. The van der Waals surface area contributed by atoms with Gasteiger partial charge in [0.15, 0.2) is 0 Å². The van der Waals surface area contributed by atoms with Gasteiger partial charge >= 0.3 is 0 Å². The second-order valence-corrected chi connectivity index (χ2v) is 3.91. The molecule has 1 rings (SSSR count). The zero-order chi connectivity index (χ0) is 10.4. The van der Waals surface area contributed by atoms with Crippen molar-refractivity contribution in [1.82, 2.24) is 10.2 Å². The van der Waals surface area contributed by atoms with Gasteiger partial charge in [0, 0.05) is 33.3 Å². The van der Waals surface area contributed by atoms with Gasteiger partial charge in [-0.15, -0.1) is 0 Å². The lowest BCUT2D eigenvalue weighted by molar-refractivity contribution is 0.109. The van der Waals surface area contributed by atoms with Crippen molar-refractivity contribution in [3.63, 3.8) is 0 Å². The van der Waals surface area contributed by atoms with E-state index in [9.17, 15) is 0 Å². The molecule has 0 amide bonds. The summed E-state index contributed by atoms with van der Waals surface area (Å²) < 4.78 is 5.32. The van der Waals surface area contributed by atoms with Crippen molar-refractivity contribution < 1.29 is 4.74 Å². The number of rotatable bonds is 6. The number of hydrogen-bond acceptors (Lipinski definition) is 3. The minimum Gasteiger partial charge on any atom is -0.380 e. The first-order valence-corrected chi connectivity index (χ1v) is 5.38. The number of likely N-dealkylation sites (N-methyl/N-ethyl adjacent to an activating group) is 1. The van der Waals surface area contributed by atoms with Crippen molar-refractivity contribution >= 4 is 0 Å². The summed E-state index contributed by atoms with van der Waals surface area (Å²) in [5.74, 6) is 0. The van der Waals surface area contributed by atoms with Gasteiger partial charge in [0.1, 0.15) is 0 Å². The molecule has 0 aliphatic carbocycles. The summed E-state index contributed by atoms with van der Waals surface area (Å²) in [6.45, 7) is 11.3. The maximum absolute atomic E-state index is 5.32. The smallest absolute Gasteiger partial charge is 0.0710 e. The summed E-state index contributed by atoms with van der Waals surface area (Å²) in [5, 5.41) is 3.29. The molecule has 1 aliphatic heterocycles. The summed E-state index contributed by atoms with van der Waals surface area (Å²) in [6, 6.07) is 0. The summed E-state index contributed by atoms with van der Waals surface area (Å²) in [6.07, 6.45) is 1.59. The molecule has 82 valence electrons. The number of nitrogens with zero attached hydrogens (tertiary/aromatic N) is 1. The first kappa shape index (κ1) is 11.7. The van der Waals surface area contributed by atoms with E-state index in [4.69, 9.17) is 4.74 Å². The van der Waals surface area contributed by atoms with E-state index in [2.05, 4.69) is 23.7 Å². The molecule has 1 aliphatic rings. The molecule has 0 aromatic heterocycles. The molecule has 0 spiro atoms. The van der Waals surface area contributed by atoms with Gasteiger partial charge in [0.05, 0.1) is 6.10 Å².